The van der Waals surface area contributed by atoms with Crippen LogP contribution in [0.5, 0.6) is 5.75 Å². The summed E-state index contributed by atoms with van der Waals surface area (Å²) in [6.45, 7) is 4.82. The summed E-state index contributed by atoms with van der Waals surface area (Å²) in [6.07, 6.45) is -8.17. The zero-order valence-electron chi connectivity index (χ0n) is 20.2. The maximum Gasteiger partial charge on any atom is 0.433 e. The molecule has 0 amide bonds. The SMILES string of the molecule is CC1CC(O)(c2ccc(C(F)(F)F)nc2)CC(COc2cc(C(F)(F)F)c3c(c2)[nH]c(=O)n3C(C)C)N1. The highest BCUT2D eigenvalue weighted by molar-refractivity contribution is 5.81. The molecule has 0 radical (unpaired) electrons. The topological polar surface area (TPSA) is 92.2 Å². The molecule has 7 nitrogen and oxygen atoms in total. The number of aromatic amines is 1. The number of benzene rings is 1. The fraction of sp³-hybridized carbons (Fsp3) is 0.500. The summed E-state index contributed by atoms with van der Waals surface area (Å²) in [5.41, 5.74) is -4.39. The van der Waals surface area contributed by atoms with Crippen LogP contribution in [0.25, 0.3) is 11.0 Å². The van der Waals surface area contributed by atoms with Crippen LogP contribution in [0.4, 0.5) is 26.3 Å². The second-order valence-corrected chi connectivity index (χ2v) is 9.70. The van der Waals surface area contributed by atoms with Crippen molar-refractivity contribution in [2.45, 2.75) is 69.7 Å². The zero-order valence-corrected chi connectivity index (χ0v) is 20.2. The molecule has 1 saturated heterocycles. The molecule has 1 fully saturated rings. The maximum atomic E-state index is 13.9. The van der Waals surface area contributed by atoms with E-state index in [9.17, 15) is 36.2 Å². The van der Waals surface area contributed by atoms with Crippen molar-refractivity contribution in [3.8, 4) is 5.75 Å². The number of hydrogen-bond acceptors (Lipinski definition) is 5. The predicted molar refractivity (Wildman–Crippen MR) is 122 cm³/mol. The smallest absolute Gasteiger partial charge is 0.433 e. The molecule has 1 aromatic carbocycles. The number of alkyl halides is 6. The molecule has 0 bridgehead atoms. The van der Waals surface area contributed by atoms with Crippen molar-refractivity contribution >= 4 is 11.0 Å². The summed E-state index contributed by atoms with van der Waals surface area (Å²) in [5, 5.41) is 14.4. The molecule has 37 heavy (non-hydrogen) atoms. The van der Waals surface area contributed by atoms with Crippen molar-refractivity contribution in [3.63, 3.8) is 0 Å². The van der Waals surface area contributed by atoms with Gasteiger partial charge in [-0.25, -0.2) is 4.79 Å². The summed E-state index contributed by atoms with van der Waals surface area (Å²) >= 11 is 0. The summed E-state index contributed by atoms with van der Waals surface area (Å²) in [5.74, 6) is -0.128. The Labute approximate surface area is 207 Å². The Bertz CT molecular complexity index is 1330. The highest BCUT2D eigenvalue weighted by Crippen LogP contribution is 2.39. The minimum Gasteiger partial charge on any atom is -0.492 e. The number of nitrogens with one attached hydrogen (secondary N) is 2. The lowest BCUT2D eigenvalue weighted by Crippen LogP contribution is -2.53. The number of ether oxygens (including phenoxy) is 1. The van der Waals surface area contributed by atoms with Gasteiger partial charge in [-0.1, -0.05) is 6.07 Å². The molecule has 4 rings (SSSR count). The van der Waals surface area contributed by atoms with Gasteiger partial charge in [0.25, 0.3) is 0 Å². The van der Waals surface area contributed by atoms with Crippen molar-refractivity contribution in [2.75, 3.05) is 6.61 Å². The number of piperidine rings is 1. The molecule has 1 aliphatic rings. The lowest BCUT2D eigenvalue weighted by molar-refractivity contribution is -0.141. The van der Waals surface area contributed by atoms with E-state index in [1.807, 2.05) is 0 Å². The molecule has 1 aliphatic heterocycles. The lowest BCUT2D eigenvalue weighted by atomic mass is 9.79. The number of aliphatic hydroxyl groups is 1. The lowest BCUT2D eigenvalue weighted by Gasteiger charge is -2.41. The molecular formula is C24H26F6N4O3. The molecule has 3 N–H and O–H groups in total. The van der Waals surface area contributed by atoms with Crippen molar-refractivity contribution in [2.24, 2.45) is 0 Å². The Morgan fingerprint density at radius 2 is 1.86 bits per heavy atom. The number of halogens is 6. The van der Waals surface area contributed by atoms with Crippen LogP contribution in [0.2, 0.25) is 0 Å². The average molecular weight is 532 g/mol. The van der Waals surface area contributed by atoms with E-state index in [-0.39, 0.29) is 47.8 Å². The van der Waals surface area contributed by atoms with Gasteiger partial charge in [-0.3, -0.25) is 9.55 Å². The molecule has 3 unspecified atom stereocenters. The third-order valence-corrected chi connectivity index (χ3v) is 6.40. The van der Waals surface area contributed by atoms with Gasteiger partial charge in [-0.15, -0.1) is 0 Å². The molecule has 3 atom stereocenters. The summed E-state index contributed by atoms with van der Waals surface area (Å²) in [4.78, 5) is 18.2. The molecule has 3 aromatic rings. The Kier molecular flexibility index (Phi) is 6.82. The zero-order chi connectivity index (χ0) is 27.3. The second-order valence-electron chi connectivity index (χ2n) is 9.70. The molecule has 0 saturated carbocycles. The van der Waals surface area contributed by atoms with E-state index >= 15 is 0 Å². The molecular weight excluding hydrogens is 506 g/mol. The summed E-state index contributed by atoms with van der Waals surface area (Å²) < 4.78 is 86.9. The number of pyridine rings is 1. The van der Waals surface area contributed by atoms with Gasteiger partial charge in [-0.05, 0) is 45.7 Å². The van der Waals surface area contributed by atoms with Gasteiger partial charge in [0.1, 0.15) is 18.1 Å². The molecule has 0 aliphatic carbocycles. The van der Waals surface area contributed by atoms with E-state index in [1.165, 1.54) is 12.1 Å². The minimum atomic E-state index is -4.75. The van der Waals surface area contributed by atoms with E-state index in [0.717, 1.165) is 22.9 Å². The molecule has 202 valence electrons. The first-order valence-corrected chi connectivity index (χ1v) is 11.6. The Morgan fingerprint density at radius 1 is 1.16 bits per heavy atom. The quantitative estimate of drug-likeness (QED) is 0.413. The first-order chi connectivity index (χ1) is 17.1. The van der Waals surface area contributed by atoms with E-state index in [0.29, 0.717) is 0 Å². The van der Waals surface area contributed by atoms with Crippen molar-refractivity contribution in [3.05, 3.63) is 57.8 Å². The summed E-state index contributed by atoms with van der Waals surface area (Å²) in [6, 6.07) is 2.77. The Hall–Kier alpha value is -3.06. The van der Waals surface area contributed by atoms with Gasteiger partial charge < -0.3 is 20.1 Å². The van der Waals surface area contributed by atoms with Crippen LogP contribution in [0.15, 0.2) is 35.3 Å². The van der Waals surface area contributed by atoms with Gasteiger partial charge in [-0.2, -0.15) is 26.3 Å². The molecule has 13 heteroatoms. The Balaban J connectivity index is 1.58. The van der Waals surface area contributed by atoms with Crippen LogP contribution in [0.1, 0.15) is 56.5 Å². The van der Waals surface area contributed by atoms with Gasteiger partial charge >= 0.3 is 18.0 Å². The van der Waals surface area contributed by atoms with Gasteiger partial charge in [0.2, 0.25) is 0 Å². The average Bonchev–Trinajstić information content (AvgIpc) is 3.11. The number of H-pyrrole nitrogens is 1. The van der Waals surface area contributed by atoms with Crippen LogP contribution < -0.4 is 15.7 Å². The van der Waals surface area contributed by atoms with E-state index in [4.69, 9.17) is 4.74 Å². The van der Waals surface area contributed by atoms with E-state index < -0.39 is 47.0 Å². The monoisotopic (exact) mass is 532 g/mol. The van der Waals surface area contributed by atoms with Crippen LogP contribution >= 0.6 is 0 Å². The molecule has 3 heterocycles. The largest absolute Gasteiger partial charge is 0.492 e. The van der Waals surface area contributed by atoms with E-state index in [1.54, 1.807) is 20.8 Å². The number of nitrogens with zero attached hydrogens (tertiary/aromatic N) is 2. The summed E-state index contributed by atoms with van der Waals surface area (Å²) in [7, 11) is 0. The molecule has 2 aromatic heterocycles. The second kappa shape index (κ2) is 9.35. The van der Waals surface area contributed by atoms with Crippen LogP contribution in [0.3, 0.4) is 0 Å². The van der Waals surface area contributed by atoms with Gasteiger partial charge in [0, 0.05) is 36.0 Å². The molecule has 0 spiro atoms. The first kappa shape index (κ1) is 27.0. The Morgan fingerprint density at radius 3 is 2.43 bits per heavy atom. The third kappa shape index (κ3) is 5.47. The maximum absolute atomic E-state index is 13.9. The predicted octanol–water partition coefficient (Wildman–Crippen LogP) is 4.75. The van der Waals surface area contributed by atoms with Crippen molar-refractivity contribution < 1.29 is 36.2 Å². The van der Waals surface area contributed by atoms with Gasteiger partial charge in [0.05, 0.1) is 22.2 Å². The van der Waals surface area contributed by atoms with E-state index in [2.05, 4.69) is 15.3 Å². The van der Waals surface area contributed by atoms with Crippen LogP contribution in [-0.4, -0.2) is 38.3 Å². The van der Waals surface area contributed by atoms with Crippen LogP contribution in [0, 0.1) is 0 Å². The number of hydrogen-bond donors (Lipinski definition) is 3. The number of imidazole rings is 1. The first-order valence-electron chi connectivity index (χ1n) is 11.6. The van der Waals surface area contributed by atoms with Crippen molar-refractivity contribution in [1.82, 2.24) is 19.9 Å². The fourth-order valence-corrected chi connectivity index (χ4v) is 4.93. The minimum absolute atomic E-state index is 0.0270. The highest BCUT2D eigenvalue weighted by atomic mass is 19.4. The number of aromatic nitrogens is 3. The van der Waals surface area contributed by atoms with Crippen molar-refractivity contribution in [1.29, 1.82) is 0 Å². The highest BCUT2D eigenvalue weighted by Gasteiger charge is 2.41. The number of rotatable bonds is 5. The normalized spacial score (nSPS) is 23.1. The third-order valence-electron chi connectivity index (χ3n) is 6.40. The standard InChI is InChI=1S/C24H26F6N4O3/c1-12(2)34-20-17(23(25,26)27)6-16(7-18(20)33-21(34)35)37-11-15-9-22(36,8-13(3)32-15)14-4-5-19(31-10-14)24(28,29)30/h4-7,10,12-13,15,32,36H,8-9,11H2,1-3H3,(H,33,35). The number of fused-ring (bicyclic) bond motifs is 1. The fourth-order valence-electron chi connectivity index (χ4n) is 4.93. The van der Waals surface area contributed by atoms with Gasteiger partial charge in [0.15, 0.2) is 0 Å². The van der Waals surface area contributed by atoms with Crippen LogP contribution in [-0.2, 0) is 18.0 Å².